The van der Waals surface area contributed by atoms with Crippen LogP contribution in [0.4, 0.5) is 0 Å². The highest BCUT2D eigenvalue weighted by Crippen LogP contribution is 2.12. The minimum absolute atomic E-state index is 0.184. The second-order valence-corrected chi connectivity index (χ2v) is 4.56. The van der Waals surface area contributed by atoms with Crippen molar-refractivity contribution >= 4 is 5.97 Å². The zero-order valence-corrected chi connectivity index (χ0v) is 11.4. The molecule has 0 aromatic carbocycles. The molecule has 0 aliphatic carbocycles. The molecule has 1 aliphatic heterocycles. The van der Waals surface area contributed by atoms with Gasteiger partial charge in [-0.05, 0) is 32.2 Å². The number of hydrogen-bond acceptors (Lipinski definition) is 5. The van der Waals surface area contributed by atoms with E-state index in [0.29, 0.717) is 13.2 Å². The molecule has 106 valence electrons. The Morgan fingerprint density at radius 3 is 2.94 bits per heavy atom. The zero-order valence-electron chi connectivity index (χ0n) is 11.4. The minimum Gasteiger partial charge on any atom is -0.468 e. The molecule has 0 radical (unpaired) electrons. The lowest BCUT2D eigenvalue weighted by atomic mass is 10.1. The molecule has 5 heteroatoms. The molecule has 18 heavy (non-hydrogen) atoms. The van der Waals surface area contributed by atoms with Gasteiger partial charge in [-0.1, -0.05) is 6.92 Å². The van der Waals surface area contributed by atoms with Crippen LogP contribution in [0.15, 0.2) is 0 Å². The van der Waals surface area contributed by atoms with Crippen LogP contribution in [0.2, 0.25) is 0 Å². The molecule has 0 amide bonds. The van der Waals surface area contributed by atoms with Gasteiger partial charge in [0.15, 0.2) is 0 Å². The Balaban J connectivity index is 2.20. The molecule has 1 saturated heterocycles. The molecule has 0 bridgehead atoms. The van der Waals surface area contributed by atoms with Crippen molar-refractivity contribution in [3.63, 3.8) is 0 Å². The lowest BCUT2D eigenvalue weighted by Gasteiger charge is -2.23. The Morgan fingerprint density at radius 1 is 1.50 bits per heavy atom. The van der Waals surface area contributed by atoms with E-state index in [-0.39, 0.29) is 18.1 Å². The van der Waals surface area contributed by atoms with Gasteiger partial charge in [-0.15, -0.1) is 0 Å². The van der Waals surface area contributed by atoms with Crippen LogP contribution in [0.25, 0.3) is 0 Å². The molecule has 5 nitrogen and oxygen atoms in total. The van der Waals surface area contributed by atoms with E-state index in [1.807, 2.05) is 0 Å². The Kier molecular flexibility index (Phi) is 7.96. The summed E-state index contributed by atoms with van der Waals surface area (Å²) in [6, 6.07) is -0.376. The van der Waals surface area contributed by atoms with E-state index in [1.54, 1.807) is 0 Å². The standard InChI is InChI=1S/C13H25NO4/c1-3-7-14-12(13(15)16-2)10-17-9-11-6-4-5-8-18-11/h11-12,14H,3-10H2,1-2H3. The predicted octanol–water partition coefficient (Wildman–Crippen LogP) is 1.11. The minimum atomic E-state index is -0.376. The molecular weight excluding hydrogens is 234 g/mol. The van der Waals surface area contributed by atoms with Crippen molar-refractivity contribution < 1.29 is 19.0 Å². The van der Waals surface area contributed by atoms with Crippen molar-refractivity contribution in [2.24, 2.45) is 0 Å². The number of esters is 1. The average molecular weight is 259 g/mol. The Morgan fingerprint density at radius 2 is 2.33 bits per heavy atom. The summed E-state index contributed by atoms with van der Waals surface area (Å²) in [5.41, 5.74) is 0. The first kappa shape index (κ1) is 15.4. The molecule has 0 spiro atoms. The van der Waals surface area contributed by atoms with Crippen molar-refractivity contribution in [3.05, 3.63) is 0 Å². The summed E-state index contributed by atoms with van der Waals surface area (Å²) < 4.78 is 15.9. The first-order valence-corrected chi connectivity index (χ1v) is 6.78. The molecular formula is C13H25NO4. The summed E-state index contributed by atoms with van der Waals surface area (Å²) >= 11 is 0. The first-order valence-electron chi connectivity index (χ1n) is 6.78. The van der Waals surface area contributed by atoms with Gasteiger partial charge >= 0.3 is 5.97 Å². The van der Waals surface area contributed by atoms with E-state index >= 15 is 0 Å². The van der Waals surface area contributed by atoms with Crippen molar-refractivity contribution in [2.45, 2.75) is 44.8 Å². The number of rotatable bonds is 8. The van der Waals surface area contributed by atoms with Crippen molar-refractivity contribution in [3.8, 4) is 0 Å². The van der Waals surface area contributed by atoms with E-state index < -0.39 is 0 Å². The number of nitrogens with one attached hydrogen (secondary N) is 1. The SMILES string of the molecule is CCCNC(COCC1CCCCO1)C(=O)OC. The van der Waals surface area contributed by atoms with E-state index in [0.717, 1.165) is 32.4 Å². The molecule has 1 aliphatic rings. The van der Waals surface area contributed by atoms with Gasteiger partial charge in [0.05, 0.1) is 26.4 Å². The maximum atomic E-state index is 11.5. The quantitative estimate of drug-likeness (QED) is 0.662. The van der Waals surface area contributed by atoms with Gasteiger partial charge in [-0.3, -0.25) is 4.79 Å². The third-order valence-electron chi connectivity index (χ3n) is 2.99. The van der Waals surface area contributed by atoms with Crippen molar-refractivity contribution in [2.75, 3.05) is 33.5 Å². The van der Waals surface area contributed by atoms with Gasteiger partial charge in [0.2, 0.25) is 0 Å². The molecule has 0 saturated carbocycles. The fourth-order valence-electron chi connectivity index (χ4n) is 1.93. The van der Waals surface area contributed by atoms with Crippen LogP contribution in [0.3, 0.4) is 0 Å². The summed E-state index contributed by atoms with van der Waals surface area (Å²) in [5, 5.41) is 3.12. The van der Waals surface area contributed by atoms with Crippen molar-refractivity contribution in [1.29, 1.82) is 0 Å². The number of carbonyl (C=O) groups excluding carboxylic acids is 1. The molecule has 1 fully saturated rings. The van der Waals surface area contributed by atoms with E-state index in [2.05, 4.69) is 12.2 Å². The lowest BCUT2D eigenvalue weighted by Crippen LogP contribution is -2.42. The van der Waals surface area contributed by atoms with Gasteiger partial charge in [-0.2, -0.15) is 0 Å². The largest absolute Gasteiger partial charge is 0.468 e. The number of ether oxygens (including phenoxy) is 3. The molecule has 1 heterocycles. The summed E-state index contributed by atoms with van der Waals surface area (Å²) in [5.74, 6) is -0.270. The summed E-state index contributed by atoms with van der Waals surface area (Å²) in [7, 11) is 1.40. The van der Waals surface area contributed by atoms with Crippen LogP contribution >= 0.6 is 0 Å². The summed E-state index contributed by atoms with van der Waals surface area (Å²) in [6.45, 7) is 4.55. The molecule has 0 aromatic heterocycles. The Labute approximate surface area is 109 Å². The third-order valence-corrected chi connectivity index (χ3v) is 2.99. The summed E-state index contributed by atoms with van der Waals surface area (Å²) in [4.78, 5) is 11.5. The molecule has 1 rings (SSSR count). The van der Waals surface area contributed by atoms with Gasteiger partial charge in [-0.25, -0.2) is 0 Å². The van der Waals surface area contributed by atoms with Crippen LogP contribution in [-0.2, 0) is 19.0 Å². The van der Waals surface area contributed by atoms with Crippen LogP contribution in [-0.4, -0.2) is 51.6 Å². The Hall–Kier alpha value is -0.650. The topological polar surface area (TPSA) is 56.8 Å². The fourth-order valence-corrected chi connectivity index (χ4v) is 1.93. The third kappa shape index (κ3) is 5.80. The van der Waals surface area contributed by atoms with Crippen molar-refractivity contribution in [1.82, 2.24) is 5.32 Å². The van der Waals surface area contributed by atoms with Gasteiger partial charge in [0.1, 0.15) is 6.04 Å². The lowest BCUT2D eigenvalue weighted by molar-refractivity contribution is -0.145. The molecule has 0 aromatic rings. The highest BCUT2D eigenvalue weighted by Gasteiger charge is 2.20. The smallest absolute Gasteiger partial charge is 0.325 e. The second kappa shape index (κ2) is 9.30. The normalized spacial score (nSPS) is 21.6. The number of hydrogen-bond donors (Lipinski definition) is 1. The van der Waals surface area contributed by atoms with Gasteiger partial charge < -0.3 is 19.5 Å². The highest BCUT2D eigenvalue weighted by atomic mass is 16.5. The number of carbonyl (C=O) groups is 1. The maximum absolute atomic E-state index is 11.5. The molecule has 2 atom stereocenters. The summed E-state index contributed by atoms with van der Waals surface area (Å²) in [6.07, 6.45) is 4.54. The van der Waals surface area contributed by atoms with E-state index in [9.17, 15) is 4.79 Å². The fraction of sp³-hybridized carbons (Fsp3) is 0.923. The Bertz CT molecular complexity index is 229. The van der Waals surface area contributed by atoms with Crippen LogP contribution in [0, 0.1) is 0 Å². The van der Waals surface area contributed by atoms with Crippen LogP contribution < -0.4 is 5.32 Å². The number of methoxy groups -OCH3 is 1. The highest BCUT2D eigenvalue weighted by molar-refractivity contribution is 5.75. The maximum Gasteiger partial charge on any atom is 0.325 e. The van der Waals surface area contributed by atoms with Gasteiger partial charge in [0.25, 0.3) is 0 Å². The van der Waals surface area contributed by atoms with Crippen LogP contribution in [0.5, 0.6) is 0 Å². The average Bonchev–Trinajstić information content (AvgIpc) is 2.43. The van der Waals surface area contributed by atoms with E-state index in [4.69, 9.17) is 14.2 Å². The predicted molar refractivity (Wildman–Crippen MR) is 68.5 cm³/mol. The molecule has 1 N–H and O–H groups in total. The second-order valence-electron chi connectivity index (χ2n) is 4.56. The van der Waals surface area contributed by atoms with Gasteiger partial charge in [0, 0.05) is 6.61 Å². The zero-order chi connectivity index (χ0) is 13.2. The molecule has 2 unspecified atom stereocenters. The monoisotopic (exact) mass is 259 g/mol. The van der Waals surface area contributed by atoms with E-state index in [1.165, 1.54) is 13.5 Å². The first-order chi connectivity index (χ1) is 8.77. The van der Waals surface area contributed by atoms with Crippen LogP contribution in [0.1, 0.15) is 32.6 Å².